The molecule has 0 radical (unpaired) electrons. The van der Waals surface area contributed by atoms with Gasteiger partial charge in [-0.3, -0.25) is 4.79 Å². The number of nitrogens with zero attached hydrogens (tertiary/aromatic N) is 1. The van der Waals surface area contributed by atoms with Crippen LogP contribution in [0.25, 0.3) is 0 Å². The van der Waals surface area contributed by atoms with Gasteiger partial charge in [0.05, 0.1) is 16.1 Å². The summed E-state index contributed by atoms with van der Waals surface area (Å²) in [5, 5.41) is 3.18. The molecule has 0 fully saturated rings. The van der Waals surface area contributed by atoms with Gasteiger partial charge in [0.2, 0.25) is 0 Å². The molecule has 1 N–H and O–H groups in total. The van der Waals surface area contributed by atoms with E-state index in [-0.39, 0.29) is 5.91 Å². The second kappa shape index (κ2) is 7.21. The van der Waals surface area contributed by atoms with Crippen LogP contribution in [0.4, 0.5) is 4.79 Å². The lowest BCUT2D eigenvalue weighted by Gasteiger charge is -2.32. The Bertz CT molecular complexity index is 579. The number of hydrogen-bond donors (Lipinski definition) is 1. The molecular weight excluding hydrogens is 316 g/mol. The molecule has 0 saturated carbocycles. The number of carbonyl (C=O) groups excluding carboxylic acids is 2. The van der Waals surface area contributed by atoms with Crippen LogP contribution >= 0.6 is 11.6 Å². The van der Waals surface area contributed by atoms with Crippen molar-refractivity contribution in [3.63, 3.8) is 0 Å². The molecule has 0 aliphatic carbocycles. The van der Waals surface area contributed by atoms with Gasteiger partial charge in [-0.25, -0.2) is 4.79 Å². The van der Waals surface area contributed by atoms with Crippen molar-refractivity contribution in [2.24, 2.45) is 0 Å². The summed E-state index contributed by atoms with van der Waals surface area (Å²) in [4.78, 5) is 25.9. The average molecular weight is 341 g/mol. The first kappa shape index (κ1) is 19.3. The first-order chi connectivity index (χ1) is 10.4. The van der Waals surface area contributed by atoms with Crippen molar-refractivity contribution >= 4 is 23.6 Å². The van der Waals surface area contributed by atoms with Gasteiger partial charge in [-0.1, -0.05) is 23.7 Å². The number of halogens is 1. The lowest BCUT2D eigenvalue weighted by atomic mass is 10.0. The number of likely N-dealkylation sites (N-methyl/N-ethyl adjacent to an activating group) is 1. The SMILES string of the molecule is CN(CC(C)(C)NC(=O)OC(C)(C)C)C(=O)c1ccccc1Cl. The van der Waals surface area contributed by atoms with Gasteiger partial charge < -0.3 is 15.0 Å². The van der Waals surface area contributed by atoms with Crippen molar-refractivity contribution in [2.75, 3.05) is 13.6 Å². The van der Waals surface area contributed by atoms with E-state index >= 15 is 0 Å². The van der Waals surface area contributed by atoms with E-state index in [4.69, 9.17) is 16.3 Å². The molecule has 0 aromatic heterocycles. The maximum absolute atomic E-state index is 12.5. The molecule has 6 heteroatoms. The monoisotopic (exact) mass is 340 g/mol. The van der Waals surface area contributed by atoms with Gasteiger partial charge >= 0.3 is 6.09 Å². The van der Waals surface area contributed by atoms with Crippen LogP contribution in [0.2, 0.25) is 5.02 Å². The Kier molecular flexibility index (Phi) is 6.05. The lowest BCUT2D eigenvalue weighted by Crippen LogP contribution is -2.52. The highest BCUT2D eigenvalue weighted by molar-refractivity contribution is 6.33. The van der Waals surface area contributed by atoms with Crippen LogP contribution in [0.15, 0.2) is 24.3 Å². The molecule has 128 valence electrons. The quantitative estimate of drug-likeness (QED) is 0.908. The average Bonchev–Trinajstić information content (AvgIpc) is 2.34. The Labute approximate surface area is 142 Å². The van der Waals surface area contributed by atoms with Gasteiger partial charge in [0, 0.05) is 13.6 Å². The van der Waals surface area contributed by atoms with Crippen molar-refractivity contribution in [3.05, 3.63) is 34.9 Å². The number of ether oxygens (including phenoxy) is 1. The van der Waals surface area contributed by atoms with Crippen LogP contribution in [0.3, 0.4) is 0 Å². The number of alkyl carbamates (subject to hydrolysis) is 1. The van der Waals surface area contributed by atoms with Gasteiger partial charge in [-0.15, -0.1) is 0 Å². The Balaban J connectivity index is 2.71. The molecule has 0 saturated heterocycles. The fourth-order valence-electron chi connectivity index (χ4n) is 2.12. The van der Waals surface area contributed by atoms with Crippen LogP contribution < -0.4 is 5.32 Å². The third kappa shape index (κ3) is 6.48. The molecule has 0 heterocycles. The zero-order valence-corrected chi connectivity index (χ0v) is 15.3. The fraction of sp³-hybridized carbons (Fsp3) is 0.529. The summed E-state index contributed by atoms with van der Waals surface area (Å²) in [7, 11) is 1.67. The van der Waals surface area contributed by atoms with Crippen molar-refractivity contribution in [1.29, 1.82) is 0 Å². The Morgan fingerprint density at radius 1 is 1.17 bits per heavy atom. The topological polar surface area (TPSA) is 58.6 Å². The zero-order valence-electron chi connectivity index (χ0n) is 14.6. The van der Waals surface area contributed by atoms with Gasteiger partial charge in [-0.05, 0) is 46.8 Å². The molecule has 1 aromatic rings. The largest absolute Gasteiger partial charge is 0.444 e. The number of benzene rings is 1. The van der Waals surface area contributed by atoms with Crippen molar-refractivity contribution in [1.82, 2.24) is 10.2 Å². The van der Waals surface area contributed by atoms with Crippen molar-refractivity contribution < 1.29 is 14.3 Å². The predicted octanol–water partition coefficient (Wildman–Crippen LogP) is 3.72. The third-order valence-electron chi connectivity index (χ3n) is 2.92. The Hall–Kier alpha value is -1.75. The van der Waals surface area contributed by atoms with E-state index in [1.54, 1.807) is 52.1 Å². The molecule has 2 amide bonds. The van der Waals surface area contributed by atoms with E-state index in [1.165, 1.54) is 4.90 Å². The second-order valence-electron chi connectivity index (χ2n) is 7.15. The highest BCUT2D eigenvalue weighted by Crippen LogP contribution is 2.18. The highest BCUT2D eigenvalue weighted by atomic mass is 35.5. The fourth-order valence-corrected chi connectivity index (χ4v) is 2.34. The molecule has 0 aliphatic rings. The molecule has 0 atom stereocenters. The van der Waals surface area contributed by atoms with E-state index in [2.05, 4.69) is 5.32 Å². The summed E-state index contributed by atoms with van der Waals surface area (Å²) in [6.07, 6.45) is -0.513. The second-order valence-corrected chi connectivity index (χ2v) is 7.56. The number of carbonyl (C=O) groups is 2. The molecule has 0 aliphatic heterocycles. The van der Waals surface area contributed by atoms with E-state index in [0.717, 1.165) is 0 Å². The summed E-state index contributed by atoms with van der Waals surface area (Å²) < 4.78 is 5.24. The normalized spacial score (nSPS) is 11.8. The number of nitrogens with one attached hydrogen (secondary N) is 1. The molecular formula is C17H25ClN2O3. The number of amides is 2. The Morgan fingerprint density at radius 2 is 1.74 bits per heavy atom. The molecule has 0 bridgehead atoms. The minimum absolute atomic E-state index is 0.199. The Morgan fingerprint density at radius 3 is 2.26 bits per heavy atom. The van der Waals surface area contributed by atoms with Crippen LogP contribution in [-0.2, 0) is 4.74 Å². The molecule has 0 spiro atoms. The smallest absolute Gasteiger partial charge is 0.408 e. The van der Waals surface area contributed by atoms with Crippen LogP contribution in [-0.4, -0.2) is 41.6 Å². The first-order valence-corrected chi connectivity index (χ1v) is 7.80. The number of rotatable bonds is 4. The van der Waals surface area contributed by atoms with Crippen LogP contribution in [0, 0.1) is 0 Å². The maximum atomic E-state index is 12.5. The van der Waals surface area contributed by atoms with Gasteiger partial charge in [0.15, 0.2) is 0 Å². The van der Waals surface area contributed by atoms with E-state index in [9.17, 15) is 9.59 Å². The summed E-state index contributed by atoms with van der Waals surface area (Å²) >= 11 is 6.05. The van der Waals surface area contributed by atoms with E-state index in [1.807, 2.05) is 13.8 Å². The molecule has 0 unspecified atom stereocenters. The summed E-state index contributed by atoms with van der Waals surface area (Å²) in [5.41, 5.74) is -0.780. The van der Waals surface area contributed by atoms with Crippen LogP contribution in [0.1, 0.15) is 45.0 Å². The van der Waals surface area contributed by atoms with E-state index < -0.39 is 17.2 Å². The predicted molar refractivity (Wildman–Crippen MR) is 91.9 cm³/mol. The zero-order chi connectivity index (χ0) is 17.8. The minimum atomic E-state index is -0.645. The maximum Gasteiger partial charge on any atom is 0.408 e. The summed E-state index contributed by atoms with van der Waals surface area (Å²) in [6.45, 7) is 9.36. The standard InChI is InChI=1S/C17H25ClN2O3/c1-16(2,3)23-15(22)19-17(4,5)11-20(6)14(21)12-9-7-8-10-13(12)18/h7-10H,11H2,1-6H3,(H,19,22). The summed E-state index contributed by atoms with van der Waals surface area (Å²) in [5.74, 6) is -0.199. The summed E-state index contributed by atoms with van der Waals surface area (Å²) in [6, 6.07) is 6.88. The number of hydrogen-bond acceptors (Lipinski definition) is 3. The van der Waals surface area contributed by atoms with Gasteiger partial charge in [-0.2, -0.15) is 0 Å². The molecule has 1 aromatic carbocycles. The van der Waals surface area contributed by atoms with Crippen LogP contribution in [0.5, 0.6) is 0 Å². The van der Waals surface area contributed by atoms with Gasteiger partial charge in [0.1, 0.15) is 5.60 Å². The lowest BCUT2D eigenvalue weighted by molar-refractivity contribution is 0.0441. The van der Waals surface area contributed by atoms with Crippen molar-refractivity contribution in [3.8, 4) is 0 Å². The minimum Gasteiger partial charge on any atom is -0.444 e. The van der Waals surface area contributed by atoms with Gasteiger partial charge in [0.25, 0.3) is 5.91 Å². The first-order valence-electron chi connectivity index (χ1n) is 7.42. The van der Waals surface area contributed by atoms with Crippen molar-refractivity contribution in [2.45, 2.75) is 45.8 Å². The third-order valence-corrected chi connectivity index (χ3v) is 3.25. The van der Waals surface area contributed by atoms with E-state index in [0.29, 0.717) is 17.1 Å². The molecule has 5 nitrogen and oxygen atoms in total. The highest BCUT2D eigenvalue weighted by Gasteiger charge is 2.28. The molecule has 1 rings (SSSR count). The molecule has 23 heavy (non-hydrogen) atoms.